The molecule has 18 heavy (non-hydrogen) atoms. The third kappa shape index (κ3) is 2.15. The van der Waals surface area contributed by atoms with Crippen molar-refractivity contribution in [2.75, 3.05) is 11.1 Å². The van der Waals surface area contributed by atoms with E-state index in [1.54, 1.807) is 6.92 Å². The zero-order valence-corrected chi connectivity index (χ0v) is 9.42. The SMILES string of the molecule is Cc1[nH]nc(C(=O)Nc2cc(F)ccc2F)c1N. The summed E-state index contributed by atoms with van der Waals surface area (Å²) in [5.74, 6) is -2.10. The predicted octanol–water partition coefficient (Wildman–Crippen LogP) is 1.83. The van der Waals surface area contributed by atoms with Crippen molar-refractivity contribution in [1.82, 2.24) is 10.2 Å². The second-order valence-electron chi connectivity index (χ2n) is 3.69. The molecule has 0 atom stereocenters. The van der Waals surface area contributed by atoms with Gasteiger partial charge in [-0.2, -0.15) is 5.10 Å². The molecule has 7 heteroatoms. The number of hydrogen-bond donors (Lipinski definition) is 3. The average Bonchev–Trinajstić information content (AvgIpc) is 2.65. The Balaban J connectivity index is 2.27. The minimum atomic E-state index is -0.740. The van der Waals surface area contributed by atoms with E-state index in [0.29, 0.717) is 5.69 Å². The Hall–Kier alpha value is -2.44. The molecule has 0 radical (unpaired) electrons. The van der Waals surface area contributed by atoms with Crippen LogP contribution in [0.4, 0.5) is 20.2 Å². The number of nitrogens with zero attached hydrogens (tertiary/aromatic N) is 1. The van der Waals surface area contributed by atoms with E-state index in [2.05, 4.69) is 15.5 Å². The van der Waals surface area contributed by atoms with Crippen LogP contribution >= 0.6 is 0 Å². The van der Waals surface area contributed by atoms with Gasteiger partial charge < -0.3 is 11.1 Å². The van der Waals surface area contributed by atoms with E-state index in [1.165, 1.54) is 0 Å². The van der Waals surface area contributed by atoms with Gasteiger partial charge in [0.2, 0.25) is 0 Å². The maximum atomic E-state index is 13.3. The number of carbonyl (C=O) groups is 1. The molecule has 1 aromatic carbocycles. The maximum Gasteiger partial charge on any atom is 0.278 e. The lowest BCUT2D eigenvalue weighted by Crippen LogP contribution is -2.15. The van der Waals surface area contributed by atoms with Gasteiger partial charge in [-0.05, 0) is 19.1 Å². The lowest BCUT2D eigenvalue weighted by atomic mass is 10.2. The number of benzene rings is 1. The van der Waals surface area contributed by atoms with Crippen LogP contribution in [-0.2, 0) is 0 Å². The molecule has 0 unspecified atom stereocenters. The van der Waals surface area contributed by atoms with Gasteiger partial charge >= 0.3 is 0 Å². The lowest BCUT2D eigenvalue weighted by molar-refractivity contribution is 0.102. The molecule has 0 fully saturated rings. The van der Waals surface area contributed by atoms with Crippen molar-refractivity contribution in [2.24, 2.45) is 0 Å². The third-order valence-corrected chi connectivity index (χ3v) is 2.39. The molecule has 0 spiro atoms. The van der Waals surface area contributed by atoms with Crippen LogP contribution in [0.15, 0.2) is 18.2 Å². The van der Waals surface area contributed by atoms with E-state index >= 15 is 0 Å². The van der Waals surface area contributed by atoms with Gasteiger partial charge in [-0.25, -0.2) is 8.78 Å². The number of aromatic nitrogens is 2. The number of nitrogens with one attached hydrogen (secondary N) is 2. The Morgan fingerprint density at radius 2 is 2.17 bits per heavy atom. The van der Waals surface area contributed by atoms with E-state index in [4.69, 9.17) is 5.73 Å². The number of aromatic amines is 1. The average molecular weight is 252 g/mol. The van der Waals surface area contributed by atoms with Crippen LogP contribution in [0.3, 0.4) is 0 Å². The summed E-state index contributed by atoms with van der Waals surface area (Å²) < 4.78 is 26.2. The van der Waals surface area contributed by atoms with Crippen LogP contribution < -0.4 is 11.1 Å². The molecular formula is C11H10F2N4O. The molecule has 0 bridgehead atoms. The van der Waals surface area contributed by atoms with Gasteiger partial charge in [0.05, 0.1) is 17.1 Å². The Morgan fingerprint density at radius 3 is 2.78 bits per heavy atom. The first-order valence-corrected chi connectivity index (χ1v) is 5.06. The molecule has 2 rings (SSSR count). The smallest absolute Gasteiger partial charge is 0.278 e. The molecule has 4 N–H and O–H groups in total. The number of anilines is 2. The van der Waals surface area contributed by atoms with Crippen LogP contribution in [0.2, 0.25) is 0 Å². The summed E-state index contributed by atoms with van der Waals surface area (Å²) in [6.07, 6.45) is 0. The molecule has 1 aromatic heterocycles. The fourth-order valence-corrected chi connectivity index (χ4v) is 1.39. The fourth-order valence-electron chi connectivity index (χ4n) is 1.39. The van der Waals surface area contributed by atoms with Gasteiger partial charge in [-0.1, -0.05) is 0 Å². The molecule has 0 saturated carbocycles. The van der Waals surface area contributed by atoms with E-state index in [1.807, 2.05) is 0 Å². The third-order valence-electron chi connectivity index (χ3n) is 2.39. The lowest BCUT2D eigenvalue weighted by Gasteiger charge is -2.05. The standard InChI is InChI=1S/C11H10F2N4O/c1-5-9(14)10(17-16-5)11(18)15-8-4-6(12)2-3-7(8)13/h2-4H,14H2,1H3,(H,15,18)(H,16,17). The number of rotatable bonds is 2. The summed E-state index contributed by atoms with van der Waals surface area (Å²) >= 11 is 0. The van der Waals surface area contributed by atoms with E-state index in [-0.39, 0.29) is 17.1 Å². The molecule has 0 aliphatic heterocycles. The quantitative estimate of drug-likeness (QED) is 0.762. The first-order chi connectivity index (χ1) is 8.49. The summed E-state index contributed by atoms with van der Waals surface area (Å²) in [5, 5.41) is 8.42. The van der Waals surface area contributed by atoms with Crippen molar-refractivity contribution in [2.45, 2.75) is 6.92 Å². The van der Waals surface area contributed by atoms with Crippen LogP contribution in [0, 0.1) is 18.6 Å². The molecule has 5 nitrogen and oxygen atoms in total. The summed E-state index contributed by atoms with van der Waals surface area (Å²) in [6.45, 7) is 1.64. The number of H-pyrrole nitrogens is 1. The van der Waals surface area contributed by atoms with Crippen LogP contribution in [0.1, 0.15) is 16.2 Å². The molecule has 1 amide bonds. The Labute approximate surface area is 101 Å². The predicted molar refractivity (Wildman–Crippen MR) is 62.0 cm³/mol. The first-order valence-electron chi connectivity index (χ1n) is 5.06. The maximum absolute atomic E-state index is 13.3. The normalized spacial score (nSPS) is 10.4. The minimum absolute atomic E-state index is 0.0591. The molecule has 0 aliphatic rings. The molecule has 0 aliphatic carbocycles. The molecule has 94 valence electrons. The van der Waals surface area contributed by atoms with Gasteiger partial charge in [0.1, 0.15) is 11.6 Å². The largest absolute Gasteiger partial charge is 0.395 e. The van der Waals surface area contributed by atoms with E-state index in [0.717, 1.165) is 18.2 Å². The number of carbonyl (C=O) groups excluding carboxylic acids is 1. The van der Waals surface area contributed by atoms with Crippen molar-refractivity contribution in [3.8, 4) is 0 Å². The highest BCUT2D eigenvalue weighted by atomic mass is 19.1. The van der Waals surface area contributed by atoms with Crippen molar-refractivity contribution in [1.29, 1.82) is 0 Å². The topological polar surface area (TPSA) is 83.8 Å². The molecule has 0 saturated heterocycles. The number of nitrogens with two attached hydrogens (primary N) is 1. The Morgan fingerprint density at radius 1 is 1.44 bits per heavy atom. The fraction of sp³-hybridized carbons (Fsp3) is 0.0909. The van der Waals surface area contributed by atoms with Gasteiger partial charge in [0.25, 0.3) is 5.91 Å². The van der Waals surface area contributed by atoms with Gasteiger partial charge in [0.15, 0.2) is 5.69 Å². The second kappa shape index (κ2) is 4.44. The van der Waals surface area contributed by atoms with E-state index in [9.17, 15) is 13.6 Å². The number of aryl methyl sites for hydroxylation is 1. The monoisotopic (exact) mass is 252 g/mol. The van der Waals surface area contributed by atoms with Crippen LogP contribution in [0.25, 0.3) is 0 Å². The zero-order valence-electron chi connectivity index (χ0n) is 9.42. The number of nitrogen functional groups attached to an aromatic ring is 1. The van der Waals surface area contributed by atoms with E-state index < -0.39 is 17.5 Å². The summed E-state index contributed by atoms with van der Waals surface area (Å²) in [4.78, 5) is 11.7. The van der Waals surface area contributed by atoms with Crippen LogP contribution in [-0.4, -0.2) is 16.1 Å². The van der Waals surface area contributed by atoms with Crippen LogP contribution in [0.5, 0.6) is 0 Å². The summed E-state index contributed by atoms with van der Waals surface area (Å²) in [5.41, 5.74) is 5.98. The Bertz CT molecular complexity index is 609. The highest BCUT2D eigenvalue weighted by Gasteiger charge is 2.17. The highest BCUT2D eigenvalue weighted by molar-refractivity contribution is 6.06. The highest BCUT2D eigenvalue weighted by Crippen LogP contribution is 2.18. The number of hydrogen-bond acceptors (Lipinski definition) is 3. The molecular weight excluding hydrogens is 242 g/mol. The van der Waals surface area contributed by atoms with Gasteiger partial charge in [-0.15, -0.1) is 0 Å². The minimum Gasteiger partial charge on any atom is -0.395 e. The zero-order chi connectivity index (χ0) is 13.3. The number of amides is 1. The first kappa shape index (κ1) is 12.0. The van der Waals surface area contributed by atoms with Gasteiger partial charge in [0, 0.05) is 6.07 Å². The van der Waals surface area contributed by atoms with Crippen molar-refractivity contribution < 1.29 is 13.6 Å². The molecule has 2 aromatic rings. The summed E-state index contributed by atoms with van der Waals surface area (Å²) in [7, 11) is 0. The number of halogens is 2. The summed E-state index contributed by atoms with van der Waals surface area (Å²) in [6, 6.07) is 2.76. The Kier molecular flexibility index (Phi) is 2.97. The second-order valence-corrected chi connectivity index (χ2v) is 3.69. The van der Waals surface area contributed by atoms with Crippen molar-refractivity contribution in [3.63, 3.8) is 0 Å². The van der Waals surface area contributed by atoms with Crippen molar-refractivity contribution >= 4 is 17.3 Å². The van der Waals surface area contributed by atoms with Crippen molar-refractivity contribution in [3.05, 3.63) is 41.2 Å². The van der Waals surface area contributed by atoms with Gasteiger partial charge in [-0.3, -0.25) is 9.89 Å². The molecule has 1 heterocycles.